The highest BCUT2D eigenvalue weighted by atomic mass is 79.9. The maximum atomic E-state index is 12.8. The number of allylic oxidation sites excluding steroid dienone is 1. The van der Waals surface area contributed by atoms with E-state index in [4.69, 9.17) is 10.3 Å². The molecule has 0 aliphatic carbocycles. The van der Waals surface area contributed by atoms with Crippen molar-refractivity contribution in [3.05, 3.63) is 117 Å². The van der Waals surface area contributed by atoms with E-state index in [0.717, 1.165) is 15.4 Å². The highest BCUT2D eigenvalue weighted by Crippen LogP contribution is 2.33. The Morgan fingerprint density at radius 1 is 1.03 bits per heavy atom. The maximum Gasteiger partial charge on any atom is 0.204 e. The van der Waals surface area contributed by atoms with Crippen LogP contribution in [0.5, 0.6) is 5.75 Å². The molecular weight excluding hydrogens is 468 g/mol. The number of carbonyl (C=O) groups is 1. The summed E-state index contributed by atoms with van der Waals surface area (Å²) in [6.07, 6.45) is 3.04. The molecule has 0 saturated heterocycles. The third kappa shape index (κ3) is 4.86. The molecule has 1 heterocycles. The summed E-state index contributed by atoms with van der Waals surface area (Å²) in [4.78, 5) is 20.2. The average molecular weight is 485 g/mol. The van der Waals surface area contributed by atoms with Gasteiger partial charge in [-0.05, 0) is 50.8 Å². The standard InChI is InChI=1S/C25H17BrN4O2/c26-20-13-10-19-11-14-22(23(31)15-12-18-8-4-5-9-21(18)29-30-27)28-24(19)25(20)32-16-17-6-2-1-3-7-17/h1-15H,16H2/b15-12+. The molecule has 0 aliphatic rings. The van der Waals surface area contributed by atoms with Crippen LogP contribution in [0.3, 0.4) is 0 Å². The first-order valence-corrected chi connectivity index (χ1v) is 10.6. The molecule has 0 bridgehead atoms. The lowest BCUT2D eigenvalue weighted by atomic mass is 10.1. The van der Waals surface area contributed by atoms with Gasteiger partial charge in [0.15, 0.2) is 5.75 Å². The molecule has 0 spiro atoms. The molecule has 1 aromatic heterocycles. The fourth-order valence-corrected chi connectivity index (χ4v) is 3.60. The van der Waals surface area contributed by atoms with Crippen LogP contribution in [0.15, 0.2) is 94.5 Å². The molecule has 6 nitrogen and oxygen atoms in total. The highest BCUT2D eigenvalue weighted by Gasteiger charge is 2.12. The van der Waals surface area contributed by atoms with E-state index >= 15 is 0 Å². The third-order valence-electron chi connectivity index (χ3n) is 4.75. The first-order chi connectivity index (χ1) is 15.7. The maximum absolute atomic E-state index is 12.8. The lowest BCUT2D eigenvalue weighted by Crippen LogP contribution is -2.01. The summed E-state index contributed by atoms with van der Waals surface area (Å²) in [6.45, 7) is 0.383. The average Bonchev–Trinajstić information content (AvgIpc) is 2.83. The van der Waals surface area contributed by atoms with Crippen molar-refractivity contribution < 1.29 is 9.53 Å². The number of halogens is 1. The van der Waals surface area contributed by atoms with E-state index < -0.39 is 0 Å². The monoisotopic (exact) mass is 484 g/mol. The van der Waals surface area contributed by atoms with Crippen LogP contribution in [-0.2, 0) is 6.61 Å². The van der Waals surface area contributed by atoms with Gasteiger partial charge < -0.3 is 4.74 Å². The summed E-state index contributed by atoms with van der Waals surface area (Å²) in [5.74, 6) is 0.315. The molecule has 0 N–H and O–H groups in total. The number of ether oxygens (including phenoxy) is 1. The van der Waals surface area contributed by atoms with Gasteiger partial charge in [-0.3, -0.25) is 4.79 Å². The van der Waals surface area contributed by atoms with Gasteiger partial charge in [0.25, 0.3) is 0 Å². The van der Waals surface area contributed by atoms with E-state index in [1.54, 1.807) is 30.3 Å². The molecule has 0 atom stereocenters. The number of carbonyl (C=O) groups excluding carboxylic acids is 1. The van der Waals surface area contributed by atoms with Crippen LogP contribution in [0.2, 0.25) is 0 Å². The molecule has 7 heteroatoms. The molecule has 0 radical (unpaired) electrons. The van der Waals surface area contributed by atoms with Crippen molar-refractivity contribution >= 4 is 44.4 Å². The number of ketones is 1. The van der Waals surface area contributed by atoms with E-state index in [-0.39, 0.29) is 11.5 Å². The number of azide groups is 1. The van der Waals surface area contributed by atoms with Crippen LogP contribution in [0.25, 0.3) is 27.4 Å². The second kappa shape index (κ2) is 9.92. The second-order valence-electron chi connectivity index (χ2n) is 6.86. The lowest BCUT2D eigenvalue weighted by molar-refractivity contribution is 0.104. The van der Waals surface area contributed by atoms with Crippen LogP contribution >= 0.6 is 15.9 Å². The zero-order valence-electron chi connectivity index (χ0n) is 16.9. The molecule has 3 aromatic carbocycles. The minimum Gasteiger partial charge on any atom is -0.485 e. The largest absolute Gasteiger partial charge is 0.485 e. The Morgan fingerprint density at radius 3 is 2.59 bits per heavy atom. The molecule has 0 aliphatic heterocycles. The van der Waals surface area contributed by atoms with Crippen molar-refractivity contribution in [1.29, 1.82) is 0 Å². The van der Waals surface area contributed by atoms with Crippen molar-refractivity contribution in [2.45, 2.75) is 6.61 Å². The van der Waals surface area contributed by atoms with Gasteiger partial charge in [0.05, 0.1) is 4.47 Å². The topological polar surface area (TPSA) is 88.0 Å². The number of benzene rings is 3. The van der Waals surface area contributed by atoms with Crippen molar-refractivity contribution in [3.63, 3.8) is 0 Å². The highest BCUT2D eigenvalue weighted by molar-refractivity contribution is 9.10. The molecule has 4 rings (SSSR count). The molecule has 0 unspecified atom stereocenters. The Labute approximate surface area is 192 Å². The molecule has 0 saturated carbocycles. The number of pyridine rings is 1. The number of hydrogen-bond donors (Lipinski definition) is 0. The minimum absolute atomic E-state index is 0.267. The fraction of sp³-hybridized carbons (Fsp3) is 0.0400. The smallest absolute Gasteiger partial charge is 0.204 e. The van der Waals surface area contributed by atoms with Gasteiger partial charge in [-0.2, -0.15) is 0 Å². The van der Waals surface area contributed by atoms with E-state index in [2.05, 4.69) is 30.9 Å². The number of hydrogen-bond acceptors (Lipinski definition) is 4. The van der Waals surface area contributed by atoms with Gasteiger partial charge in [-0.1, -0.05) is 77.9 Å². The Balaban J connectivity index is 1.64. The predicted octanol–water partition coefficient (Wildman–Crippen LogP) is 7.41. The summed E-state index contributed by atoms with van der Waals surface area (Å²) in [7, 11) is 0. The minimum atomic E-state index is -0.267. The van der Waals surface area contributed by atoms with Crippen LogP contribution < -0.4 is 4.74 Å². The lowest BCUT2D eigenvalue weighted by Gasteiger charge is -2.11. The fourth-order valence-electron chi connectivity index (χ4n) is 3.16. The number of fused-ring (bicyclic) bond motifs is 1. The Morgan fingerprint density at radius 2 is 1.78 bits per heavy atom. The van der Waals surface area contributed by atoms with Crippen molar-refractivity contribution in [2.75, 3.05) is 0 Å². The van der Waals surface area contributed by atoms with Crippen LogP contribution in [0.1, 0.15) is 21.6 Å². The summed E-state index contributed by atoms with van der Waals surface area (Å²) < 4.78 is 6.82. The Hall–Kier alpha value is -3.93. The Bertz CT molecular complexity index is 1360. The normalized spacial score (nSPS) is 10.8. The summed E-state index contributed by atoms with van der Waals surface area (Å²) in [5.41, 5.74) is 11.7. The van der Waals surface area contributed by atoms with Gasteiger partial charge in [0.1, 0.15) is 17.8 Å². The number of nitrogens with zero attached hydrogens (tertiary/aromatic N) is 4. The van der Waals surface area contributed by atoms with Gasteiger partial charge in [0.2, 0.25) is 5.78 Å². The quantitative estimate of drug-likeness (QED) is 0.0898. The number of rotatable bonds is 7. The Kier molecular flexibility index (Phi) is 6.60. The van der Waals surface area contributed by atoms with E-state index in [1.165, 1.54) is 6.08 Å². The van der Waals surface area contributed by atoms with Crippen molar-refractivity contribution in [2.24, 2.45) is 5.11 Å². The molecule has 32 heavy (non-hydrogen) atoms. The van der Waals surface area contributed by atoms with Gasteiger partial charge >= 0.3 is 0 Å². The van der Waals surface area contributed by atoms with Gasteiger partial charge in [0, 0.05) is 16.0 Å². The van der Waals surface area contributed by atoms with E-state index in [9.17, 15) is 4.79 Å². The first kappa shape index (κ1) is 21.3. The summed E-state index contributed by atoms with van der Waals surface area (Å²) >= 11 is 3.53. The number of aromatic nitrogens is 1. The molecular formula is C25H17BrN4O2. The van der Waals surface area contributed by atoms with Crippen LogP contribution in [0, 0.1) is 0 Å². The molecule has 4 aromatic rings. The van der Waals surface area contributed by atoms with Crippen molar-refractivity contribution in [3.8, 4) is 5.75 Å². The van der Waals surface area contributed by atoms with Crippen molar-refractivity contribution in [1.82, 2.24) is 4.98 Å². The van der Waals surface area contributed by atoms with Crippen LogP contribution in [-0.4, -0.2) is 10.8 Å². The molecule has 156 valence electrons. The summed E-state index contributed by atoms with van der Waals surface area (Å²) in [5, 5.41) is 4.51. The third-order valence-corrected chi connectivity index (χ3v) is 5.37. The predicted molar refractivity (Wildman–Crippen MR) is 129 cm³/mol. The SMILES string of the molecule is [N-]=[N+]=Nc1ccccc1/C=C/C(=O)c1ccc2ccc(Br)c(OCc3ccccc3)c2n1. The zero-order chi connectivity index (χ0) is 22.3. The van der Waals surface area contributed by atoms with E-state index in [0.29, 0.717) is 29.1 Å². The van der Waals surface area contributed by atoms with E-state index in [1.807, 2.05) is 54.6 Å². The zero-order valence-corrected chi connectivity index (χ0v) is 18.4. The molecule has 0 fully saturated rings. The second-order valence-corrected chi connectivity index (χ2v) is 7.72. The van der Waals surface area contributed by atoms with Gasteiger partial charge in [-0.25, -0.2) is 4.98 Å². The summed E-state index contributed by atoms with van der Waals surface area (Å²) in [6, 6.07) is 24.2. The van der Waals surface area contributed by atoms with Gasteiger partial charge in [-0.15, -0.1) is 0 Å². The molecule has 0 amide bonds. The van der Waals surface area contributed by atoms with Crippen LogP contribution in [0.4, 0.5) is 5.69 Å². The first-order valence-electron chi connectivity index (χ1n) is 9.78.